The van der Waals surface area contributed by atoms with Crippen molar-refractivity contribution in [2.75, 3.05) is 6.26 Å². The molecule has 2 atom stereocenters. The SMILES string of the molecule is CC.CSc1cccc(CNC(P)c2ccccc2)c1. The van der Waals surface area contributed by atoms with Crippen molar-refractivity contribution in [2.24, 2.45) is 0 Å². The second kappa shape index (κ2) is 9.99. The van der Waals surface area contributed by atoms with Gasteiger partial charge in [-0.3, -0.25) is 0 Å². The molecule has 2 aromatic carbocycles. The molecule has 2 aromatic rings. The van der Waals surface area contributed by atoms with E-state index in [9.17, 15) is 0 Å². The minimum absolute atomic E-state index is 0.295. The normalized spacial score (nSPS) is 11.4. The zero-order valence-corrected chi connectivity index (χ0v) is 14.4. The highest BCUT2D eigenvalue weighted by molar-refractivity contribution is 7.98. The highest BCUT2D eigenvalue weighted by Crippen LogP contribution is 2.21. The Morgan fingerprint density at radius 1 is 1.05 bits per heavy atom. The Balaban J connectivity index is 0.000000956. The van der Waals surface area contributed by atoms with E-state index in [-0.39, 0.29) is 0 Å². The van der Waals surface area contributed by atoms with E-state index < -0.39 is 0 Å². The third kappa shape index (κ3) is 5.66. The zero-order valence-electron chi connectivity index (χ0n) is 12.5. The summed E-state index contributed by atoms with van der Waals surface area (Å²) in [5.74, 6) is 0.295. The summed E-state index contributed by atoms with van der Waals surface area (Å²) in [7, 11) is 2.85. The molecule has 0 aliphatic carbocycles. The molecule has 0 radical (unpaired) electrons. The summed E-state index contributed by atoms with van der Waals surface area (Å²) in [6, 6.07) is 19.1. The van der Waals surface area contributed by atoms with Crippen molar-refractivity contribution in [1.29, 1.82) is 0 Å². The van der Waals surface area contributed by atoms with E-state index in [0.717, 1.165) is 6.54 Å². The first-order chi connectivity index (χ1) is 9.79. The largest absolute Gasteiger partial charge is 0.303 e. The molecular formula is C17H24NPS. The molecule has 0 spiro atoms. The molecule has 20 heavy (non-hydrogen) atoms. The Kier molecular flexibility index (Phi) is 8.60. The lowest BCUT2D eigenvalue weighted by atomic mass is 10.2. The van der Waals surface area contributed by atoms with Gasteiger partial charge in [-0.15, -0.1) is 21.0 Å². The molecule has 0 heterocycles. The van der Waals surface area contributed by atoms with E-state index in [1.54, 1.807) is 11.8 Å². The van der Waals surface area contributed by atoms with E-state index in [1.165, 1.54) is 16.0 Å². The first-order valence-corrected chi connectivity index (χ1v) is 8.85. The second-order valence-corrected chi connectivity index (χ2v) is 5.67. The van der Waals surface area contributed by atoms with Gasteiger partial charge in [0, 0.05) is 17.2 Å². The monoisotopic (exact) mass is 305 g/mol. The minimum atomic E-state index is 0.295. The van der Waals surface area contributed by atoms with Gasteiger partial charge >= 0.3 is 0 Å². The fraction of sp³-hybridized carbons (Fsp3) is 0.294. The van der Waals surface area contributed by atoms with Crippen LogP contribution in [0.1, 0.15) is 30.8 Å². The molecule has 0 bridgehead atoms. The Morgan fingerprint density at radius 2 is 1.75 bits per heavy atom. The van der Waals surface area contributed by atoms with E-state index in [0.29, 0.717) is 5.78 Å². The van der Waals surface area contributed by atoms with Gasteiger partial charge in [0.05, 0.1) is 0 Å². The highest BCUT2D eigenvalue weighted by atomic mass is 32.2. The highest BCUT2D eigenvalue weighted by Gasteiger charge is 2.04. The first-order valence-electron chi connectivity index (χ1n) is 6.96. The number of rotatable bonds is 5. The summed E-state index contributed by atoms with van der Waals surface area (Å²) >= 11 is 1.78. The van der Waals surface area contributed by atoms with E-state index in [2.05, 4.69) is 69.3 Å². The molecule has 108 valence electrons. The Labute approximate surface area is 129 Å². The van der Waals surface area contributed by atoms with Gasteiger partial charge in [0.15, 0.2) is 0 Å². The van der Waals surface area contributed by atoms with Crippen LogP contribution in [0.4, 0.5) is 0 Å². The second-order valence-electron chi connectivity index (χ2n) is 4.12. The van der Waals surface area contributed by atoms with Crippen LogP contribution in [0.25, 0.3) is 0 Å². The van der Waals surface area contributed by atoms with E-state index in [1.807, 2.05) is 19.9 Å². The summed E-state index contributed by atoms with van der Waals surface area (Å²) in [5.41, 5.74) is 2.62. The predicted octanol–water partition coefficient (Wildman–Crippen LogP) is 5.10. The number of hydrogen-bond donors (Lipinski definition) is 1. The fourth-order valence-electron chi connectivity index (χ4n) is 1.79. The number of benzene rings is 2. The smallest absolute Gasteiger partial charge is 0.0466 e. The molecule has 0 fully saturated rings. The maximum Gasteiger partial charge on any atom is 0.0466 e. The van der Waals surface area contributed by atoms with Gasteiger partial charge in [-0.2, -0.15) is 0 Å². The Morgan fingerprint density at radius 3 is 2.40 bits per heavy atom. The minimum Gasteiger partial charge on any atom is -0.303 e. The average Bonchev–Trinajstić information content (AvgIpc) is 2.55. The Hall–Kier alpha value is -0.820. The lowest BCUT2D eigenvalue weighted by molar-refractivity contribution is 0.677. The molecule has 0 aliphatic heterocycles. The van der Waals surface area contributed by atoms with Crippen molar-refractivity contribution in [3.05, 3.63) is 65.7 Å². The van der Waals surface area contributed by atoms with Crippen LogP contribution < -0.4 is 5.32 Å². The number of nitrogens with one attached hydrogen (secondary N) is 1. The van der Waals surface area contributed by atoms with Gasteiger partial charge in [0.1, 0.15) is 0 Å². The summed E-state index contributed by atoms with van der Waals surface area (Å²) in [4.78, 5) is 1.31. The maximum absolute atomic E-state index is 3.52. The van der Waals surface area contributed by atoms with Crippen LogP contribution in [-0.4, -0.2) is 6.26 Å². The topological polar surface area (TPSA) is 12.0 Å². The summed E-state index contributed by atoms with van der Waals surface area (Å²) in [5, 5.41) is 3.52. The molecule has 0 aliphatic rings. The van der Waals surface area contributed by atoms with Crippen molar-refractivity contribution in [3.63, 3.8) is 0 Å². The van der Waals surface area contributed by atoms with E-state index >= 15 is 0 Å². The lowest BCUT2D eigenvalue weighted by Gasteiger charge is -2.14. The van der Waals surface area contributed by atoms with Crippen LogP contribution in [-0.2, 0) is 6.54 Å². The molecule has 0 amide bonds. The van der Waals surface area contributed by atoms with Crippen LogP contribution in [0.15, 0.2) is 59.5 Å². The van der Waals surface area contributed by atoms with Gasteiger partial charge < -0.3 is 5.32 Å². The molecule has 2 unspecified atom stereocenters. The molecule has 0 aromatic heterocycles. The average molecular weight is 305 g/mol. The van der Waals surface area contributed by atoms with Crippen LogP contribution in [0, 0.1) is 0 Å². The predicted molar refractivity (Wildman–Crippen MR) is 95.3 cm³/mol. The summed E-state index contributed by atoms with van der Waals surface area (Å²) in [6.07, 6.45) is 2.11. The van der Waals surface area contributed by atoms with Crippen LogP contribution in [0.2, 0.25) is 0 Å². The van der Waals surface area contributed by atoms with Crippen LogP contribution in [0.5, 0.6) is 0 Å². The maximum atomic E-state index is 3.52. The van der Waals surface area contributed by atoms with Crippen molar-refractivity contribution in [1.82, 2.24) is 5.32 Å². The third-order valence-corrected chi connectivity index (χ3v) is 4.16. The van der Waals surface area contributed by atoms with Crippen molar-refractivity contribution >= 4 is 21.0 Å². The van der Waals surface area contributed by atoms with Gasteiger partial charge in [-0.25, -0.2) is 0 Å². The summed E-state index contributed by atoms with van der Waals surface area (Å²) < 4.78 is 0. The summed E-state index contributed by atoms with van der Waals surface area (Å²) in [6.45, 7) is 4.89. The molecule has 2 rings (SSSR count). The fourth-order valence-corrected chi connectivity index (χ4v) is 2.61. The van der Waals surface area contributed by atoms with Crippen LogP contribution >= 0.6 is 21.0 Å². The van der Waals surface area contributed by atoms with Crippen molar-refractivity contribution in [2.45, 2.75) is 31.1 Å². The molecule has 1 N–H and O–H groups in total. The number of thioether (sulfide) groups is 1. The van der Waals surface area contributed by atoms with Gasteiger partial charge in [0.2, 0.25) is 0 Å². The standard InChI is InChI=1S/C15H18NPS.C2H6/c1-18-14-9-5-6-12(10-14)11-16-15(17)13-7-3-2-4-8-13;1-2/h2-10,15-16H,11,17H2,1H3;1-2H3. The van der Waals surface area contributed by atoms with Crippen LogP contribution in [0.3, 0.4) is 0 Å². The quantitative estimate of drug-likeness (QED) is 0.609. The molecule has 3 heteroatoms. The van der Waals surface area contributed by atoms with Crippen molar-refractivity contribution in [3.8, 4) is 0 Å². The number of hydrogen-bond acceptors (Lipinski definition) is 2. The van der Waals surface area contributed by atoms with Gasteiger partial charge in [-0.05, 0) is 29.5 Å². The molecule has 0 saturated heterocycles. The van der Waals surface area contributed by atoms with Gasteiger partial charge in [-0.1, -0.05) is 56.3 Å². The van der Waals surface area contributed by atoms with Crippen molar-refractivity contribution < 1.29 is 0 Å². The first kappa shape index (κ1) is 17.2. The molecule has 1 nitrogen and oxygen atoms in total. The molecular weight excluding hydrogens is 281 g/mol. The third-order valence-electron chi connectivity index (χ3n) is 2.82. The Bertz CT molecular complexity index is 487. The lowest BCUT2D eigenvalue weighted by Crippen LogP contribution is -2.15. The molecule has 0 saturated carbocycles. The zero-order chi connectivity index (χ0) is 14.8. The van der Waals surface area contributed by atoms with Gasteiger partial charge in [0.25, 0.3) is 0 Å². The van der Waals surface area contributed by atoms with E-state index in [4.69, 9.17) is 0 Å².